The van der Waals surface area contributed by atoms with Gasteiger partial charge in [-0.15, -0.1) is 0 Å². The van der Waals surface area contributed by atoms with E-state index in [0.717, 1.165) is 21.6 Å². The zero-order valence-corrected chi connectivity index (χ0v) is 10.0. The Hall–Kier alpha value is -1.00. The average Bonchev–Trinajstić information content (AvgIpc) is 2.61. The van der Waals surface area contributed by atoms with E-state index < -0.39 is 0 Å². The highest BCUT2D eigenvalue weighted by molar-refractivity contribution is 7.98. The molecule has 0 bridgehead atoms. The molecule has 15 heavy (non-hydrogen) atoms. The van der Waals surface area contributed by atoms with Crippen molar-refractivity contribution < 1.29 is 0 Å². The topological polar surface area (TPSA) is 30.7 Å². The zero-order valence-electron chi connectivity index (χ0n) is 8.44. The number of nitrogens with zero attached hydrogens (tertiary/aromatic N) is 3. The number of hydrogen-bond donors (Lipinski definition) is 0. The van der Waals surface area contributed by atoms with Crippen molar-refractivity contribution in [3.05, 3.63) is 29.3 Å². The number of thioether (sulfide) groups is 1. The second-order valence-corrected chi connectivity index (χ2v) is 4.26. The lowest BCUT2D eigenvalue weighted by Gasteiger charge is -1.93. The molecular formula is C10H10ClN3S. The minimum Gasteiger partial charge on any atom is -0.243 e. The number of aryl methyl sites for hydroxylation is 1. The van der Waals surface area contributed by atoms with Gasteiger partial charge in [0.2, 0.25) is 0 Å². The Labute approximate surface area is 97.5 Å². The minimum absolute atomic E-state index is 0.722. The average molecular weight is 240 g/mol. The SMILES string of the molecule is CSc1nc(-c2ccc(Cl)cc2)nn1C. The van der Waals surface area contributed by atoms with Gasteiger partial charge in [-0.3, -0.25) is 0 Å². The fourth-order valence-electron chi connectivity index (χ4n) is 1.27. The van der Waals surface area contributed by atoms with Crippen molar-refractivity contribution in [2.75, 3.05) is 6.26 Å². The Morgan fingerprint density at radius 3 is 2.47 bits per heavy atom. The summed E-state index contributed by atoms with van der Waals surface area (Å²) in [7, 11) is 1.89. The molecule has 78 valence electrons. The fourth-order valence-corrected chi connectivity index (χ4v) is 1.88. The fraction of sp³-hybridized carbons (Fsp3) is 0.200. The molecule has 0 amide bonds. The molecule has 0 unspecified atom stereocenters. The van der Waals surface area contributed by atoms with Gasteiger partial charge in [0, 0.05) is 17.6 Å². The lowest BCUT2D eigenvalue weighted by molar-refractivity contribution is 0.687. The third-order valence-electron chi connectivity index (χ3n) is 2.01. The Morgan fingerprint density at radius 2 is 1.93 bits per heavy atom. The van der Waals surface area contributed by atoms with Crippen LogP contribution >= 0.6 is 23.4 Å². The number of hydrogen-bond acceptors (Lipinski definition) is 3. The first kappa shape index (κ1) is 10.5. The van der Waals surface area contributed by atoms with E-state index in [1.165, 1.54) is 0 Å². The molecular weight excluding hydrogens is 230 g/mol. The predicted octanol–water partition coefficient (Wildman–Crippen LogP) is 2.86. The number of rotatable bonds is 2. The molecule has 0 aliphatic carbocycles. The highest BCUT2D eigenvalue weighted by atomic mass is 35.5. The van der Waals surface area contributed by atoms with Gasteiger partial charge in [0.05, 0.1) is 0 Å². The Balaban J connectivity index is 2.41. The molecule has 5 heteroatoms. The molecule has 0 saturated carbocycles. The smallest absolute Gasteiger partial charge is 0.186 e. The highest BCUT2D eigenvalue weighted by Crippen LogP contribution is 2.20. The number of benzene rings is 1. The third kappa shape index (κ3) is 2.16. The van der Waals surface area contributed by atoms with Gasteiger partial charge in [-0.1, -0.05) is 23.4 Å². The second-order valence-electron chi connectivity index (χ2n) is 3.05. The maximum Gasteiger partial charge on any atom is 0.186 e. The van der Waals surface area contributed by atoms with E-state index in [4.69, 9.17) is 11.6 Å². The van der Waals surface area contributed by atoms with E-state index in [1.54, 1.807) is 16.4 Å². The zero-order chi connectivity index (χ0) is 10.8. The highest BCUT2D eigenvalue weighted by Gasteiger charge is 2.07. The summed E-state index contributed by atoms with van der Waals surface area (Å²) in [5.74, 6) is 0.735. The molecule has 0 fully saturated rings. The van der Waals surface area contributed by atoms with Crippen LogP contribution < -0.4 is 0 Å². The van der Waals surface area contributed by atoms with Crippen LogP contribution in [0.5, 0.6) is 0 Å². The maximum absolute atomic E-state index is 5.81. The van der Waals surface area contributed by atoms with Gasteiger partial charge in [0.15, 0.2) is 11.0 Å². The molecule has 2 rings (SSSR count). The van der Waals surface area contributed by atoms with Crippen LogP contribution in [-0.4, -0.2) is 21.0 Å². The summed E-state index contributed by atoms with van der Waals surface area (Å²) in [6, 6.07) is 7.52. The standard InChI is InChI=1S/C10H10ClN3S/c1-14-10(15-2)12-9(13-14)7-3-5-8(11)6-4-7/h3-6H,1-2H3. The largest absolute Gasteiger partial charge is 0.243 e. The summed E-state index contributed by atoms with van der Waals surface area (Å²) in [5.41, 5.74) is 0.982. The lowest BCUT2D eigenvalue weighted by atomic mass is 10.2. The Kier molecular flexibility index (Phi) is 2.98. The predicted molar refractivity (Wildman–Crippen MR) is 63.2 cm³/mol. The van der Waals surface area contributed by atoms with Gasteiger partial charge in [-0.25, -0.2) is 9.67 Å². The van der Waals surface area contributed by atoms with Crippen molar-refractivity contribution in [2.24, 2.45) is 7.05 Å². The van der Waals surface area contributed by atoms with Crippen LogP contribution in [0.3, 0.4) is 0 Å². The molecule has 1 heterocycles. The van der Waals surface area contributed by atoms with Crippen molar-refractivity contribution in [3.63, 3.8) is 0 Å². The third-order valence-corrected chi connectivity index (χ3v) is 2.98. The van der Waals surface area contributed by atoms with Crippen molar-refractivity contribution in [1.82, 2.24) is 14.8 Å². The molecule has 0 atom stereocenters. The second kappa shape index (κ2) is 4.24. The first-order valence-electron chi connectivity index (χ1n) is 4.41. The molecule has 0 spiro atoms. The van der Waals surface area contributed by atoms with Gasteiger partial charge >= 0.3 is 0 Å². The molecule has 0 N–H and O–H groups in total. The van der Waals surface area contributed by atoms with Crippen LogP contribution in [0.2, 0.25) is 5.02 Å². The summed E-state index contributed by atoms with van der Waals surface area (Å²) >= 11 is 7.39. The van der Waals surface area contributed by atoms with Crippen molar-refractivity contribution in [2.45, 2.75) is 5.16 Å². The first-order valence-corrected chi connectivity index (χ1v) is 6.02. The lowest BCUT2D eigenvalue weighted by Crippen LogP contribution is -1.91. The van der Waals surface area contributed by atoms with Gasteiger partial charge in [-0.05, 0) is 30.5 Å². The van der Waals surface area contributed by atoms with Crippen molar-refractivity contribution >= 4 is 23.4 Å². The molecule has 1 aromatic heterocycles. The summed E-state index contributed by atoms with van der Waals surface area (Å²) in [6.07, 6.45) is 1.98. The Bertz CT molecular complexity index is 464. The van der Waals surface area contributed by atoms with Gasteiger partial charge in [0.1, 0.15) is 0 Å². The number of halogens is 1. The summed E-state index contributed by atoms with van der Waals surface area (Å²) < 4.78 is 1.77. The number of aromatic nitrogens is 3. The van der Waals surface area contributed by atoms with E-state index in [1.807, 2.05) is 37.6 Å². The minimum atomic E-state index is 0.722. The molecule has 0 saturated heterocycles. The van der Waals surface area contributed by atoms with Crippen LogP contribution in [0, 0.1) is 0 Å². The molecule has 0 radical (unpaired) electrons. The van der Waals surface area contributed by atoms with Crippen LogP contribution in [-0.2, 0) is 7.05 Å². The van der Waals surface area contributed by atoms with Gasteiger partial charge < -0.3 is 0 Å². The van der Waals surface area contributed by atoms with E-state index in [9.17, 15) is 0 Å². The monoisotopic (exact) mass is 239 g/mol. The van der Waals surface area contributed by atoms with Crippen molar-refractivity contribution in [3.8, 4) is 11.4 Å². The van der Waals surface area contributed by atoms with Crippen LogP contribution in [0.25, 0.3) is 11.4 Å². The van der Waals surface area contributed by atoms with E-state index in [-0.39, 0.29) is 0 Å². The normalized spacial score (nSPS) is 10.6. The van der Waals surface area contributed by atoms with Crippen LogP contribution in [0.4, 0.5) is 0 Å². The molecule has 2 aromatic rings. The molecule has 1 aromatic carbocycles. The van der Waals surface area contributed by atoms with Crippen LogP contribution in [0.1, 0.15) is 0 Å². The van der Waals surface area contributed by atoms with E-state index in [2.05, 4.69) is 10.1 Å². The van der Waals surface area contributed by atoms with E-state index in [0.29, 0.717) is 0 Å². The summed E-state index contributed by atoms with van der Waals surface area (Å²) in [5, 5.41) is 5.95. The summed E-state index contributed by atoms with van der Waals surface area (Å²) in [6.45, 7) is 0. The maximum atomic E-state index is 5.81. The van der Waals surface area contributed by atoms with Crippen molar-refractivity contribution in [1.29, 1.82) is 0 Å². The first-order chi connectivity index (χ1) is 7.20. The summed E-state index contributed by atoms with van der Waals surface area (Å²) in [4.78, 5) is 4.40. The quantitative estimate of drug-likeness (QED) is 0.755. The molecule has 3 nitrogen and oxygen atoms in total. The van der Waals surface area contributed by atoms with Gasteiger partial charge in [-0.2, -0.15) is 5.10 Å². The molecule has 0 aliphatic rings. The van der Waals surface area contributed by atoms with Crippen LogP contribution in [0.15, 0.2) is 29.4 Å². The van der Waals surface area contributed by atoms with E-state index >= 15 is 0 Å². The Morgan fingerprint density at radius 1 is 1.27 bits per heavy atom. The molecule has 0 aliphatic heterocycles. The van der Waals surface area contributed by atoms with Gasteiger partial charge in [0.25, 0.3) is 0 Å².